The third kappa shape index (κ3) is 4.63. The van der Waals surface area contributed by atoms with Gasteiger partial charge in [0, 0.05) is 49.8 Å². The molecule has 2 fully saturated rings. The number of nitrogens with zero attached hydrogens (tertiary/aromatic N) is 3. The molecule has 0 saturated carbocycles. The lowest BCUT2D eigenvalue weighted by Crippen LogP contribution is -2.30. The van der Waals surface area contributed by atoms with Gasteiger partial charge in [0.2, 0.25) is 0 Å². The molecular formula is C21H29N3S. The van der Waals surface area contributed by atoms with Gasteiger partial charge in [0.25, 0.3) is 0 Å². The van der Waals surface area contributed by atoms with E-state index in [1.807, 2.05) is 11.3 Å². The van der Waals surface area contributed by atoms with Crippen molar-refractivity contribution in [3.8, 4) is 0 Å². The summed E-state index contributed by atoms with van der Waals surface area (Å²) in [5.74, 6) is 0. The number of thiophene rings is 1. The molecule has 0 N–H and O–H groups in total. The Labute approximate surface area is 155 Å². The minimum Gasteiger partial charge on any atom is -0.370 e. The number of anilines is 1. The Hall–Kier alpha value is -1.36. The molecule has 4 heteroatoms. The second-order valence-corrected chi connectivity index (χ2v) is 8.35. The highest BCUT2D eigenvalue weighted by Crippen LogP contribution is 2.22. The number of hydrogen-bond acceptors (Lipinski definition) is 4. The van der Waals surface area contributed by atoms with Crippen molar-refractivity contribution in [2.45, 2.75) is 32.4 Å². The van der Waals surface area contributed by atoms with Crippen molar-refractivity contribution in [2.75, 3.05) is 44.2 Å². The standard InChI is InChI=1S/C21H29N3S/c1-2-7-20(8-3-1)24-12-6-11-23(13-14-24)17-21-15-19(18-25-21)16-22-9-4-5-10-22/h1-3,7-8,15,18H,4-6,9-14,16-17H2. The maximum Gasteiger partial charge on any atom is 0.0366 e. The molecule has 0 amide bonds. The second-order valence-electron chi connectivity index (χ2n) is 7.36. The van der Waals surface area contributed by atoms with Gasteiger partial charge in [0.1, 0.15) is 0 Å². The highest BCUT2D eigenvalue weighted by atomic mass is 32.1. The summed E-state index contributed by atoms with van der Waals surface area (Å²) in [7, 11) is 0. The van der Waals surface area contributed by atoms with E-state index in [-0.39, 0.29) is 0 Å². The van der Waals surface area contributed by atoms with Crippen molar-refractivity contribution in [2.24, 2.45) is 0 Å². The van der Waals surface area contributed by atoms with Gasteiger partial charge in [-0.1, -0.05) is 18.2 Å². The van der Waals surface area contributed by atoms with Crippen LogP contribution in [-0.4, -0.2) is 49.1 Å². The Morgan fingerprint density at radius 1 is 0.760 bits per heavy atom. The second kappa shape index (κ2) is 8.35. The van der Waals surface area contributed by atoms with Gasteiger partial charge < -0.3 is 4.90 Å². The van der Waals surface area contributed by atoms with Crippen molar-refractivity contribution < 1.29 is 0 Å². The zero-order valence-electron chi connectivity index (χ0n) is 15.1. The zero-order chi connectivity index (χ0) is 16.9. The van der Waals surface area contributed by atoms with Crippen LogP contribution in [0.2, 0.25) is 0 Å². The smallest absolute Gasteiger partial charge is 0.0366 e. The fourth-order valence-corrected chi connectivity index (χ4v) is 4.96. The topological polar surface area (TPSA) is 9.72 Å². The van der Waals surface area contributed by atoms with Crippen LogP contribution in [0.15, 0.2) is 41.8 Å². The van der Waals surface area contributed by atoms with E-state index in [0.29, 0.717) is 0 Å². The molecule has 1 aromatic carbocycles. The number of rotatable bonds is 5. The molecule has 3 heterocycles. The molecule has 25 heavy (non-hydrogen) atoms. The molecule has 2 aromatic rings. The number of hydrogen-bond donors (Lipinski definition) is 0. The molecule has 2 saturated heterocycles. The summed E-state index contributed by atoms with van der Waals surface area (Å²) in [6, 6.07) is 13.3. The molecule has 4 rings (SSSR count). The van der Waals surface area contributed by atoms with E-state index in [9.17, 15) is 0 Å². The maximum absolute atomic E-state index is 2.63. The summed E-state index contributed by atoms with van der Waals surface area (Å²) in [5.41, 5.74) is 2.89. The van der Waals surface area contributed by atoms with Crippen LogP contribution in [0.3, 0.4) is 0 Å². The first kappa shape index (κ1) is 17.1. The molecule has 0 radical (unpaired) electrons. The van der Waals surface area contributed by atoms with Crippen LogP contribution in [0.4, 0.5) is 5.69 Å². The lowest BCUT2D eigenvalue weighted by atomic mass is 10.2. The fourth-order valence-electron chi connectivity index (χ4n) is 4.04. The van der Waals surface area contributed by atoms with Gasteiger partial charge in [0.15, 0.2) is 0 Å². The van der Waals surface area contributed by atoms with E-state index in [1.54, 1.807) is 0 Å². The largest absolute Gasteiger partial charge is 0.370 e. The average Bonchev–Trinajstić information content (AvgIpc) is 3.25. The van der Waals surface area contributed by atoms with Crippen LogP contribution in [0.1, 0.15) is 29.7 Å². The van der Waals surface area contributed by atoms with E-state index in [4.69, 9.17) is 0 Å². The molecule has 0 spiro atoms. The summed E-state index contributed by atoms with van der Waals surface area (Å²) in [6.07, 6.45) is 4.01. The van der Waals surface area contributed by atoms with E-state index in [0.717, 1.165) is 26.2 Å². The van der Waals surface area contributed by atoms with Crippen molar-refractivity contribution in [1.82, 2.24) is 9.80 Å². The van der Waals surface area contributed by atoms with Gasteiger partial charge in [-0.2, -0.15) is 0 Å². The van der Waals surface area contributed by atoms with Crippen LogP contribution in [0, 0.1) is 0 Å². The highest BCUT2D eigenvalue weighted by molar-refractivity contribution is 7.10. The van der Waals surface area contributed by atoms with Crippen molar-refractivity contribution in [1.29, 1.82) is 0 Å². The molecule has 3 nitrogen and oxygen atoms in total. The van der Waals surface area contributed by atoms with Gasteiger partial charge in [-0.25, -0.2) is 0 Å². The third-order valence-corrected chi connectivity index (χ3v) is 6.37. The molecule has 0 aliphatic carbocycles. The predicted octanol–water partition coefficient (Wildman–Crippen LogP) is 4.06. The van der Waals surface area contributed by atoms with Crippen LogP contribution in [0.25, 0.3) is 0 Å². The molecule has 2 aliphatic heterocycles. The minimum absolute atomic E-state index is 1.12. The summed E-state index contributed by atoms with van der Waals surface area (Å²) < 4.78 is 0. The Balaban J connectivity index is 1.30. The number of para-hydroxylation sites is 1. The Morgan fingerprint density at radius 3 is 2.36 bits per heavy atom. The molecule has 134 valence electrons. The molecule has 0 atom stereocenters. The van der Waals surface area contributed by atoms with Crippen molar-refractivity contribution >= 4 is 17.0 Å². The molecule has 2 aliphatic rings. The van der Waals surface area contributed by atoms with Gasteiger partial charge >= 0.3 is 0 Å². The van der Waals surface area contributed by atoms with Crippen LogP contribution >= 0.6 is 11.3 Å². The zero-order valence-corrected chi connectivity index (χ0v) is 15.9. The Kier molecular flexibility index (Phi) is 5.70. The third-order valence-electron chi connectivity index (χ3n) is 5.40. The van der Waals surface area contributed by atoms with Gasteiger partial charge in [-0.05, 0) is 61.5 Å². The van der Waals surface area contributed by atoms with E-state index in [2.05, 4.69) is 56.5 Å². The van der Waals surface area contributed by atoms with E-state index in [1.165, 1.54) is 61.6 Å². The SMILES string of the molecule is c1ccc(N2CCCN(Cc3cc(CN4CCCC4)cs3)CC2)cc1. The first-order valence-electron chi connectivity index (χ1n) is 9.68. The van der Waals surface area contributed by atoms with Gasteiger partial charge in [-0.15, -0.1) is 11.3 Å². The summed E-state index contributed by atoms with van der Waals surface area (Å²) >= 11 is 1.95. The molecule has 1 aromatic heterocycles. The highest BCUT2D eigenvalue weighted by Gasteiger charge is 2.17. The minimum atomic E-state index is 1.12. The lowest BCUT2D eigenvalue weighted by Gasteiger charge is -2.23. The average molecular weight is 356 g/mol. The van der Waals surface area contributed by atoms with Crippen LogP contribution < -0.4 is 4.90 Å². The predicted molar refractivity (Wildman–Crippen MR) is 107 cm³/mol. The Morgan fingerprint density at radius 2 is 1.52 bits per heavy atom. The van der Waals surface area contributed by atoms with Crippen molar-refractivity contribution in [3.05, 3.63) is 52.2 Å². The normalized spacial score (nSPS) is 20.1. The molecule has 0 unspecified atom stereocenters. The lowest BCUT2D eigenvalue weighted by molar-refractivity contribution is 0.287. The monoisotopic (exact) mass is 355 g/mol. The number of likely N-dealkylation sites (tertiary alicyclic amines) is 1. The fraction of sp³-hybridized carbons (Fsp3) is 0.524. The summed E-state index contributed by atoms with van der Waals surface area (Å²) in [6.45, 7) is 9.52. The summed E-state index contributed by atoms with van der Waals surface area (Å²) in [4.78, 5) is 9.29. The molecular weight excluding hydrogens is 326 g/mol. The van der Waals surface area contributed by atoms with Crippen molar-refractivity contribution in [3.63, 3.8) is 0 Å². The Bertz CT molecular complexity index is 648. The van der Waals surface area contributed by atoms with E-state index >= 15 is 0 Å². The first-order valence-corrected chi connectivity index (χ1v) is 10.6. The molecule has 0 bridgehead atoms. The number of benzene rings is 1. The maximum atomic E-state index is 2.63. The quantitative estimate of drug-likeness (QED) is 0.801. The van der Waals surface area contributed by atoms with Crippen LogP contribution in [-0.2, 0) is 13.1 Å². The summed E-state index contributed by atoms with van der Waals surface area (Å²) in [5, 5.41) is 2.38. The van der Waals surface area contributed by atoms with E-state index < -0.39 is 0 Å². The van der Waals surface area contributed by atoms with Gasteiger partial charge in [-0.3, -0.25) is 9.80 Å². The van der Waals surface area contributed by atoms with Crippen LogP contribution in [0.5, 0.6) is 0 Å². The first-order chi connectivity index (χ1) is 12.4. The van der Waals surface area contributed by atoms with Gasteiger partial charge in [0.05, 0.1) is 0 Å².